The van der Waals surface area contributed by atoms with Crippen molar-refractivity contribution < 1.29 is 14.3 Å². The van der Waals surface area contributed by atoms with Gasteiger partial charge in [-0.05, 0) is 12.5 Å². The summed E-state index contributed by atoms with van der Waals surface area (Å²) in [4.78, 5) is 15.1. The smallest absolute Gasteiger partial charge is 0.334 e. The first kappa shape index (κ1) is 10.5. The molecule has 0 radical (unpaired) electrons. The molecule has 0 saturated heterocycles. The summed E-state index contributed by atoms with van der Waals surface area (Å²) in [5, 5.41) is 0. The van der Waals surface area contributed by atoms with Gasteiger partial charge in [-0.2, -0.15) is 0 Å². The van der Waals surface area contributed by atoms with Crippen molar-refractivity contribution in [2.45, 2.75) is 18.6 Å². The third kappa shape index (κ3) is 2.45. The number of nitrogens with zero attached hydrogens (tertiary/aromatic N) is 1. The topological polar surface area (TPSA) is 47.9 Å². The molecule has 1 aliphatic heterocycles. The summed E-state index contributed by atoms with van der Waals surface area (Å²) in [6.07, 6.45) is 7.11. The molecule has 0 aliphatic carbocycles. The third-order valence-corrected chi connectivity index (χ3v) is 1.82. The minimum Gasteiger partial charge on any atom is -0.473 e. The fourth-order valence-corrected chi connectivity index (χ4v) is 1.11. The molecule has 0 aromatic carbocycles. The summed E-state index contributed by atoms with van der Waals surface area (Å²) in [6, 6.07) is -0.568. The van der Waals surface area contributed by atoms with Crippen LogP contribution in [-0.2, 0) is 14.3 Å². The van der Waals surface area contributed by atoms with E-state index in [0.717, 1.165) is 6.42 Å². The zero-order valence-electron chi connectivity index (χ0n) is 8.05. The van der Waals surface area contributed by atoms with Crippen LogP contribution in [0.25, 0.3) is 0 Å². The van der Waals surface area contributed by atoms with E-state index in [1.54, 1.807) is 12.2 Å². The normalized spacial score (nSPS) is 24.9. The van der Waals surface area contributed by atoms with Gasteiger partial charge in [0.2, 0.25) is 0 Å². The number of hydrogen-bond acceptors (Lipinski definition) is 4. The average molecular weight is 195 g/mol. The SMILES string of the molecule is C=CC/C=C/C1OC=NC1C(=O)OC. The largest absolute Gasteiger partial charge is 0.473 e. The summed E-state index contributed by atoms with van der Waals surface area (Å²) >= 11 is 0. The van der Waals surface area contributed by atoms with E-state index in [1.165, 1.54) is 13.5 Å². The van der Waals surface area contributed by atoms with E-state index in [4.69, 9.17) is 4.74 Å². The zero-order chi connectivity index (χ0) is 10.4. The average Bonchev–Trinajstić information content (AvgIpc) is 2.65. The predicted octanol–water partition coefficient (Wildman–Crippen LogP) is 1.09. The van der Waals surface area contributed by atoms with Crippen molar-refractivity contribution in [3.8, 4) is 0 Å². The Hall–Kier alpha value is -1.58. The molecule has 0 amide bonds. The van der Waals surface area contributed by atoms with Crippen molar-refractivity contribution in [2.24, 2.45) is 4.99 Å². The van der Waals surface area contributed by atoms with Gasteiger partial charge in [0.25, 0.3) is 0 Å². The molecular weight excluding hydrogens is 182 g/mol. The van der Waals surface area contributed by atoms with E-state index >= 15 is 0 Å². The molecule has 0 spiro atoms. The van der Waals surface area contributed by atoms with Crippen molar-refractivity contribution in [3.63, 3.8) is 0 Å². The molecule has 1 aliphatic rings. The Labute approximate surface area is 82.9 Å². The number of aliphatic imine (C=N–C) groups is 1. The number of allylic oxidation sites excluding steroid dienone is 2. The molecule has 0 aromatic heterocycles. The van der Waals surface area contributed by atoms with E-state index < -0.39 is 6.04 Å². The number of ether oxygens (including phenoxy) is 2. The van der Waals surface area contributed by atoms with Crippen molar-refractivity contribution in [1.29, 1.82) is 0 Å². The number of carbonyl (C=O) groups is 1. The summed E-state index contributed by atoms with van der Waals surface area (Å²) in [7, 11) is 1.33. The molecule has 14 heavy (non-hydrogen) atoms. The maximum absolute atomic E-state index is 11.2. The van der Waals surface area contributed by atoms with Crippen LogP contribution in [0.1, 0.15) is 6.42 Å². The molecule has 1 rings (SSSR count). The molecule has 0 aromatic rings. The van der Waals surface area contributed by atoms with Crippen molar-refractivity contribution >= 4 is 12.4 Å². The van der Waals surface area contributed by atoms with Crippen LogP contribution in [0.3, 0.4) is 0 Å². The molecular formula is C10H13NO3. The molecule has 0 fully saturated rings. The van der Waals surface area contributed by atoms with Gasteiger partial charge in [0, 0.05) is 0 Å². The minimum atomic E-state index is -0.568. The standard InChI is InChI=1S/C10H13NO3/c1-3-4-5-6-8-9(10(12)13-2)11-7-14-8/h3,5-9H,1,4H2,2H3/b6-5+. The predicted molar refractivity (Wildman–Crippen MR) is 53.1 cm³/mol. The van der Waals surface area contributed by atoms with E-state index in [-0.39, 0.29) is 12.1 Å². The highest BCUT2D eigenvalue weighted by Gasteiger charge is 2.31. The minimum absolute atomic E-state index is 0.345. The van der Waals surface area contributed by atoms with Gasteiger partial charge in [0.05, 0.1) is 7.11 Å². The van der Waals surface area contributed by atoms with Crippen LogP contribution in [0, 0.1) is 0 Å². The lowest BCUT2D eigenvalue weighted by molar-refractivity contribution is -0.143. The zero-order valence-corrected chi connectivity index (χ0v) is 8.05. The highest BCUT2D eigenvalue weighted by atomic mass is 16.5. The molecule has 76 valence electrons. The molecule has 2 atom stereocenters. The number of esters is 1. The lowest BCUT2D eigenvalue weighted by Gasteiger charge is -2.10. The quantitative estimate of drug-likeness (QED) is 0.498. The molecule has 2 unspecified atom stereocenters. The Kier molecular flexibility index (Phi) is 3.91. The van der Waals surface area contributed by atoms with E-state index in [1.807, 2.05) is 6.08 Å². The fourth-order valence-electron chi connectivity index (χ4n) is 1.11. The van der Waals surface area contributed by atoms with Crippen molar-refractivity contribution in [2.75, 3.05) is 7.11 Å². The Morgan fingerprint density at radius 1 is 1.79 bits per heavy atom. The van der Waals surface area contributed by atoms with E-state index in [2.05, 4.69) is 16.3 Å². The van der Waals surface area contributed by atoms with Gasteiger partial charge in [-0.3, -0.25) is 0 Å². The molecule has 4 heteroatoms. The maximum Gasteiger partial charge on any atom is 0.334 e. The molecule has 4 nitrogen and oxygen atoms in total. The lowest BCUT2D eigenvalue weighted by Crippen LogP contribution is -2.29. The lowest BCUT2D eigenvalue weighted by atomic mass is 10.1. The van der Waals surface area contributed by atoms with Gasteiger partial charge in [0.1, 0.15) is 0 Å². The summed E-state index contributed by atoms with van der Waals surface area (Å²) < 4.78 is 9.71. The van der Waals surface area contributed by atoms with Crippen LogP contribution in [0.5, 0.6) is 0 Å². The van der Waals surface area contributed by atoms with Crippen molar-refractivity contribution in [1.82, 2.24) is 0 Å². The van der Waals surface area contributed by atoms with Crippen LogP contribution in [0.15, 0.2) is 29.8 Å². The Balaban J connectivity index is 2.53. The second kappa shape index (κ2) is 5.21. The Bertz CT molecular complexity index is 271. The first-order chi connectivity index (χ1) is 6.79. The number of carbonyl (C=O) groups excluding carboxylic acids is 1. The van der Waals surface area contributed by atoms with Gasteiger partial charge in [-0.15, -0.1) is 6.58 Å². The second-order valence-corrected chi connectivity index (χ2v) is 2.78. The summed E-state index contributed by atoms with van der Waals surface area (Å²) in [5.41, 5.74) is 0. The molecule has 0 saturated carbocycles. The highest BCUT2D eigenvalue weighted by Crippen LogP contribution is 2.12. The molecule has 0 bridgehead atoms. The molecule has 0 N–H and O–H groups in total. The van der Waals surface area contributed by atoms with Gasteiger partial charge >= 0.3 is 5.97 Å². The molecule has 1 heterocycles. The van der Waals surface area contributed by atoms with E-state index in [0.29, 0.717) is 0 Å². The van der Waals surface area contributed by atoms with Crippen LogP contribution in [0.2, 0.25) is 0 Å². The second-order valence-electron chi connectivity index (χ2n) is 2.78. The number of methoxy groups -OCH3 is 1. The number of hydrogen-bond donors (Lipinski definition) is 0. The third-order valence-electron chi connectivity index (χ3n) is 1.82. The fraction of sp³-hybridized carbons (Fsp3) is 0.400. The van der Waals surface area contributed by atoms with Gasteiger partial charge < -0.3 is 9.47 Å². The van der Waals surface area contributed by atoms with Crippen LogP contribution >= 0.6 is 0 Å². The summed E-state index contributed by atoms with van der Waals surface area (Å²) in [5.74, 6) is -0.382. The van der Waals surface area contributed by atoms with Gasteiger partial charge in [-0.1, -0.05) is 12.2 Å². The Morgan fingerprint density at radius 2 is 2.57 bits per heavy atom. The number of rotatable bonds is 4. The van der Waals surface area contributed by atoms with E-state index in [9.17, 15) is 4.79 Å². The van der Waals surface area contributed by atoms with Gasteiger partial charge in [-0.25, -0.2) is 9.79 Å². The van der Waals surface area contributed by atoms with Crippen LogP contribution in [-0.4, -0.2) is 31.6 Å². The van der Waals surface area contributed by atoms with Crippen molar-refractivity contribution in [3.05, 3.63) is 24.8 Å². The monoisotopic (exact) mass is 195 g/mol. The van der Waals surface area contributed by atoms with Crippen LogP contribution < -0.4 is 0 Å². The van der Waals surface area contributed by atoms with Crippen LogP contribution in [0.4, 0.5) is 0 Å². The summed E-state index contributed by atoms with van der Waals surface area (Å²) in [6.45, 7) is 3.58. The van der Waals surface area contributed by atoms with Gasteiger partial charge in [0.15, 0.2) is 18.5 Å². The highest BCUT2D eigenvalue weighted by molar-refractivity contribution is 5.80. The maximum atomic E-state index is 11.2. The first-order valence-corrected chi connectivity index (χ1v) is 4.32. The Morgan fingerprint density at radius 3 is 3.21 bits per heavy atom. The first-order valence-electron chi connectivity index (χ1n) is 4.32.